The van der Waals surface area contributed by atoms with Crippen molar-refractivity contribution in [2.75, 3.05) is 0 Å². The topological polar surface area (TPSA) is 67.5 Å². The number of aryl methyl sites for hydroxylation is 1. The molecule has 0 bridgehead atoms. The second-order valence-electron chi connectivity index (χ2n) is 6.89. The van der Waals surface area contributed by atoms with Gasteiger partial charge in [0.15, 0.2) is 5.78 Å². The first-order valence-corrected chi connectivity index (χ1v) is 9.65. The minimum Gasteiger partial charge on any atom is -0.508 e. The molecule has 0 aliphatic heterocycles. The first-order chi connectivity index (χ1) is 13.6. The minimum atomic E-state index is -0.703. The molecular weight excluding hydrogens is 352 g/mol. The summed E-state index contributed by atoms with van der Waals surface area (Å²) in [4.78, 5) is 24.7. The van der Waals surface area contributed by atoms with Gasteiger partial charge in [0.2, 0.25) is 0 Å². The van der Waals surface area contributed by atoms with Crippen molar-refractivity contribution in [3.63, 3.8) is 0 Å². The summed E-state index contributed by atoms with van der Waals surface area (Å²) in [6.45, 7) is 2.15. The van der Waals surface area contributed by atoms with Gasteiger partial charge in [-0.3, -0.25) is 4.79 Å². The first-order valence-electron chi connectivity index (χ1n) is 9.65. The lowest BCUT2D eigenvalue weighted by molar-refractivity contribution is 0.104. The Morgan fingerprint density at radius 3 is 2.61 bits per heavy atom. The fourth-order valence-electron chi connectivity index (χ4n) is 3.14. The lowest BCUT2D eigenvalue weighted by Gasteiger charge is -2.07. The lowest BCUT2D eigenvalue weighted by atomic mass is 10.0. The standard InChI is InChI=1S/C24H24O4/c1-2-3-4-8-11-18-14-19-15-20(24(27)28-23(19)16-22(18)26)21(25)13-12-17-9-6-5-7-10-17/h5-7,9-10,12-16,26H,2-4,8,11H2,1H3. The van der Waals surface area contributed by atoms with E-state index in [2.05, 4.69) is 6.92 Å². The molecule has 0 radical (unpaired) electrons. The van der Waals surface area contributed by atoms with Gasteiger partial charge in [-0.2, -0.15) is 0 Å². The van der Waals surface area contributed by atoms with Gasteiger partial charge in [-0.05, 0) is 42.2 Å². The zero-order valence-corrected chi connectivity index (χ0v) is 16.0. The monoisotopic (exact) mass is 376 g/mol. The minimum absolute atomic E-state index is 0.0118. The van der Waals surface area contributed by atoms with E-state index >= 15 is 0 Å². The largest absolute Gasteiger partial charge is 0.508 e. The summed E-state index contributed by atoms with van der Waals surface area (Å²) in [6, 6.07) is 14.2. The zero-order chi connectivity index (χ0) is 19.9. The molecule has 4 nitrogen and oxygen atoms in total. The van der Waals surface area contributed by atoms with Crippen LogP contribution < -0.4 is 5.63 Å². The van der Waals surface area contributed by atoms with Gasteiger partial charge in [0.1, 0.15) is 16.9 Å². The molecule has 0 atom stereocenters. The van der Waals surface area contributed by atoms with Gasteiger partial charge in [0.25, 0.3) is 0 Å². The Kier molecular flexibility index (Phi) is 6.43. The molecule has 0 saturated carbocycles. The van der Waals surface area contributed by atoms with Crippen LogP contribution in [-0.4, -0.2) is 10.9 Å². The maximum Gasteiger partial charge on any atom is 0.347 e. The Labute approximate surface area is 164 Å². The second-order valence-corrected chi connectivity index (χ2v) is 6.89. The number of aromatic hydroxyl groups is 1. The van der Waals surface area contributed by atoms with Crippen LogP contribution in [0.4, 0.5) is 0 Å². The molecule has 1 N–H and O–H groups in total. The van der Waals surface area contributed by atoms with Crippen molar-refractivity contribution in [1.29, 1.82) is 0 Å². The Morgan fingerprint density at radius 2 is 1.86 bits per heavy atom. The summed E-state index contributed by atoms with van der Waals surface area (Å²) >= 11 is 0. The highest BCUT2D eigenvalue weighted by atomic mass is 16.4. The van der Waals surface area contributed by atoms with E-state index in [0.29, 0.717) is 5.39 Å². The SMILES string of the molecule is CCCCCCc1cc2cc(C(=O)C=Cc3ccccc3)c(=O)oc2cc1O. The zero-order valence-electron chi connectivity index (χ0n) is 16.0. The Bertz CT molecular complexity index is 1050. The average Bonchev–Trinajstić information content (AvgIpc) is 2.70. The van der Waals surface area contributed by atoms with E-state index < -0.39 is 11.4 Å². The molecule has 0 unspecified atom stereocenters. The number of phenolic OH excluding ortho intramolecular Hbond substituents is 1. The van der Waals surface area contributed by atoms with Crippen LogP contribution in [0, 0.1) is 0 Å². The summed E-state index contributed by atoms with van der Waals surface area (Å²) in [5.41, 5.74) is 1.24. The van der Waals surface area contributed by atoms with Crippen molar-refractivity contribution in [1.82, 2.24) is 0 Å². The van der Waals surface area contributed by atoms with Gasteiger partial charge >= 0.3 is 5.63 Å². The van der Waals surface area contributed by atoms with Crippen LogP contribution in [0.25, 0.3) is 17.0 Å². The van der Waals surface area contributed by atoms with E-state index in [4.69, 9.17) is 4.42 Å². The summed E-state index contributed by atoms with van der Waals surface area (Å²) in [5, 5.41) is 10.8. The van der Waals surface area contributed by atoms with Gasteiger partial charge in [0.05, 0.1) is 0 Å². The molecule has 0 fully saturated rings. The van der Waals surface area contributed by atoms with E-state index in [9.17, 15) is 14.7 Å². The number of ketones is 1. The third kappa shape index (κ3) is 4.77. The van der Waals surface area contributed by atoms with Crippen LogP contribution in [0.1, 0.15) is 54.1 Å². The molecule has 0 aliphatic carbocycles. The molecule has 144 valence electrons. The van der Waals surface area contributed by atoms with Gasteiger partial charge < -0.3 is 9.52 Å². The molecule has 1 aromatic heterocycles. The second kappa shape index (κ2) is 9.18. The Hall–Kier alpha value is -3.14. The molecule has 28 heavy (non-hydrogen) atoms. The smallest absolute Gasteiger partial charge is 0.347 e. The van der Waals surface area contributed by atoms with Gasteiger partial charge in [0, 0.05) is 11.5 Å². The van der Waals surface area contributed by atoms with Crippen molar-refractivity contribution in [3.05, 3.63) is 81.7 Å². The third-order valence-corrected chi connectivity index (χ3v) is 4.73. The number of allylic oxidation sites excluding steroid dienone is 1. The molecular formula is C24H24O4. The number of hydrogen-bond donors (Lipinski definition) is 1. The van der Waals surface area contributed by atoms with E-state index in [1.807, 2.05) is 30.3 Å². The molecule has 1 heterocycles. The molecule has 3 aromatic rings. The molecule has 0 aliphatic rings. The molecule has 0 spiro atoms. The fourth-order valence-corrected chi connectivity index (χ4v) is 3.14. The van der Waals surface area contributed by atoms with E-state index in [1.54, 1.807) is 18.2 Å². The van der Waals surface area contributed by atoms with E-state index in [0.717, 1.165) is 43.2 Å². The van der Waals surface area contributed by atoms with E-state index in [1.165, 1.54) is 12.1 Å². The van der Waals surface area contributed by atoms with Crippen LogP contribution in [0.2, 0.25) is 0 Å². The van der Waals surface area contributed by atoms with Gasteiger partial charge in [-0.25, -0.2) is 4.79 Å². The van der Waals surface area contributed by atoms with Crippen LogP contribution in [0.3, 0.4) is 0 Å². The number of carbonyl (C=O) groups is 1. The molecule has 2 aromatic carbocycles. The Balaban J connectivity index is 1.87. The first kappa shape index (κ1) is 19.6. The number of carbonyl (C=O) groups excluding carboxylic acids is 1. The summed E-state index contributed by atoms with van der Waals surface area (Å²) in [5.74, 6) is -0.285. The van der Waals surface area contributed by atoms with Crippen molar-refractivity contribution >= 4 is 22.8 Å². The fraction of sp³-hybridized carbons (Fsp3) is 0.250. The number of rotatable bonds is 8. The van der Waals surface area contributed by atoms with Crippen LogP contribution in [-0.2, 0) is 6.42 Å². The van der Waals surface area contributed by atoms with E-state index in [-0.39, 0.29) is 16.9 Å². The van der Waals surface area contributed by atoms with Gasteiger partial charge in [-0.15, -0.1) is 0 Å². The van der Waals surface area contributed by atoms with Crippen molar-refractivity contribution < 1.29 is 14.3 Å². The van der Waals surface area contributed by atoms with Crippen LogP contribution in [0.15, 0.2) is 63.8 Å². The predicted octanol–water partition coefficient (Wildman–Crippen LogP) is 5.52. The predicted molar refractivity (Wildman–Crippen MR) is 112 cm³/mol. The average molecular weight is 376 g/mol. The Morgan fingerprint density at radius 1 is 1.07 bits per heavy atom. The van der Waals surface area contributed by atoms with Crippen molar-refractivity contribution in [2.24, 2.45) is 0 Å². The number of unbranched alkanes of at least 4 members (excludes halogenated alkanes) is 3. The van der Waals surface area contributed by atoms with Crippen molar-refractivity contribution in [3.8, 4) is 5.75 Å². The summed E-state index contributed by atoms with van der Waals surface area (Å²) < 4.78 is 5.27. The van der Waals surface area contributed by atoms with Crippen molar-refractivity contribution in [2.45, 2.75) is 39.0 Å². The maximum atomic E-state index is 12.5. The third-order valence-electron chi connectivity index (χ3n) is 4.73. The number of fused-ring (bicyclic) bond motifs is 1. The normalized spacial score (nSPS) is 11.3. The summed E-state index contributed by atoms with van der Waals surface area (Å²) in [7, 11) is 0. The molecule has 4 heteroatoms. The molecule has 0 saturated heterocycles. The highest BCUT2D eigenvalue weighted by Crippen LogP contribution is 2.26. The highest BCUT2D eigenvalue weighted by Gasteiger charge is 2.13. The lowest BCUT2D eigenvalue weighted by Crippen LogP contribution is -2.12. The van der Waals surface area contributed by atoms with Crippen LogP contribution in [0.5, 0.6) is 5.75 Å². The quantitative estimate of drug-likeness (QED) is 0.243. The molecule has 0 amide bonds. The number of hydrogen-bond acceptors (Lipinski definition) is 4. The van der Waals surface area contributed by atoms with Gasteiger partial charge in [-0.1, -0.05) is 62.6 Å². The number of phenols is 1. The maximum absolute atomic E-state index is 12.5. The molecule has 3 rings (SSSR count). The highest BCUT2D eigenvalue weighted by molar-refractivity contribution is 6.07. The van der Waals surface area contributed by atoms with Crippen LogP contribution >= 0.6 is 0 Å². The number of benzene rings is 2. The summed E-state index contributed by atoms with van der Waals surface area (Å²) in [6.07, 6.45) is 8.19.